The van der Waals surface area contributed by atoms with E-state index in [2.05, 4.69) is 32.9 Å². The largest absolute Gasteiger partial charge is 0.473 e. The predicted octanol–water partition coefficient (Wildman–Crippen LogP) is 7.74. The number of nitro groups is 1. The number of rotatable bonds is 12. The highest BCUT2D eigenvalue weighted by molar-refractivity contribution is 5.96. The Morgan fingerprint density at radius 3 is 2.02 bits per heavy atom. The molecule has 0 spiro atoms. The minimum absolute atomic E-state index is 0.140. The highest BCUT2D eigenvalue weighted by Crippen LogP contribution is 2.37. The molecule has 6 aromatic rings. The molecule has 0 radical (unpaired) electrons. The topological polar surface area (TPSA) is 102 Å². The van der Waals surface area contributed by atoms with Crippen molar-refractivity contribution in [1.82, 2.24) is 19.7 Å². The van der Waals surface area contributed by atoms with Gasteiger partial charge in [-0.3, -0.25) is 19.7 Å². The number of anilines is 2. The molecule has 0 N–H and O–H groups in total. The van der Waals surface area contributed by atoms with Gasteiger partial charge < -0.3 is 19.3 Å². The molecule has 0 aliphatic carbocycles. The third-order valence-electron chi connectivity index (χ3n) is 10.7. The van der Waals surface area contributed by atoms with E-state index in [-0.39, 0.29) is 10.6 Å². The monoisotopic (exact) mass is 723 g/mol. The third kappa shape index (κ3) is 8.01. The first-order valence-corrected chi connectivity index (χ1v) is 18.8. The van der Waals surface area contributed by atoms with E-state index in [4.69, 9.17) is 19.6 Å². The first-order chi connectivity index (χ1) is 26.5. The minimum atomic E-state index is -0.342. The van der Waals surface area contributed by atoms with E-state index in [1.54, 1.807) is 12.1 Å². The van der Waals surface area contributed by atoms with Crippen LogP contribution in [-0.2, 0) is 20.3 Å². The fourth-order valence-electron chi connectivity index (χ4n) is 7.61. The first kappa shape index (κ1) is 35.1. The van der Waals surface area contributed by atoms with Gasteiger partial charge in [0.15, 0.2) is 0 Å². The van der Waals surface area contributed by atoms with Crippen molar-refractivity contribution in [3.8, 4) is 23.0 Å². The predicted molar refractivity (Wildman–Crippen MR) is 212 cm³/mol. The number of nitro benzene ring substituents is 1. The molecular weight excluding hydrogens is 679 g/mol. The SMILES string of the molecule is Cn1nc(-c2ccc(OCc3ccccc3)nc2OCc2ccccc2)c2ccc(N3CCN(CC4CCN(c5ccc([N+](=O)[O-])cc5)CC4)CC3)cc21. The Bertz CT molecular complexity index is 2180. The molecule has 0 atom stereocenters. The number of benzene rings is 4. The fourth-order valence-corrected chi connectivity index (χ4v) is 7.61. The lowest BCUT2D eigenvalue weighted by molar-refractivity contribution is -0.384. The second-order valence-electron chi connectivity index (χ2n) is 14.2. The molecule has 0 bridgehead atoms. The Hall–Kier alpha value is -5.94. The summed E-state index contributed by atoms with van der Waals surface area (Å²) in [6.45, 7) is 7.90. The van der Waals surface area contributed by atoms with Crippen LogP contribution in [0.4, 0.5) is 17.1 Å². The van der Waals surface area contributed by atoms with E-state index >= 15 is 0 Å². The van der Waals surface area contributed by atoms with E-state index in [9.17, 15) is 10.1 Å². The van der Waals surface area contributed by atoms with Crippen LogP contribution in [0.2, 0.25) is 0 Å². The number of piperidine rings is 1. The summed E-state index contributed by atoms with van der Waals surface area (Å²) in [7, 11) is 2.00. The van der Waals surface area contributed by atoms with Crippen LogP contribution in [0.15, 0.2) is 115 Å². The minimum Gasteiger partial charge on any atom is -0.473 e. The van der Waals surface area contributed by atoms with E-state index in [1.807, 2.05) is 96.7 Å². The Labute approximate surface area is 315 Å². The smallest absolute Gasteiger partial charge is 0.269 e. The number of ether oxygens (including phenoxy) is 2. The molecule has 8 rings (SSSR count). The van der Waals surface area contributed by atoms with Crippen molar-refractivity contribution >= 4 is 28.0 Å². The van der Waals surface area contributed by atoms with E-state index < -0.39 is 0 Å². The van der Waals surface area contributed by atoms with Gasteiger partial charge in [0.2, 0.25) is 11.8 Å². The van der Waals surface area contributed by atoms with Crippen LogP contribution in [0.1, 0.15) is 24.0 Å². The number of aromatic nitrogens is 3. The maximum Gasteiger partial charge on any atom is 0.269 e. The number of nitrogens with zero attached hydrogens (tertiary/aromatic N) is 7. The van der Waals surface area contributed by atoms with Crippen LogP contribution in [0, 0.1) is 16.0 Å². The van der Waals surface area contributed by atoms with E-state index in [0.717, 1.165) is 97.6 Å². The summed E-state index contributed by atoms with van der Waals surface area (Å²) < 4.78 is 14.4. The van der Waals surface area contributed by atoms with Crippen LogP contribution in [0.25, 0.3) is 22.2 Å². The van der Waals surface area contributed by atoms with Gasteiger partial charge in [0.25, 0.3) is 5.69 Å². The highest BCUT2D eigenvalue weighted by atomic mass is 16.6. The quantitative estimate of drug-likeness (QED) is 0.0927. The van der Waals surface area contributed by atoms with Gasteiger partial charge in [0, 0.05) is 87.8 Å². The molecule has 4 heterocycles. The number of piperazine rings is 1. The number of hydrogen-bond acceptors (Lipinski definition) is 9. The average Bonchev–Trinajstić information content (AvgIpc) is 3.55. The number of pyridine rings is 1. The molecule has 0 saturated carbocycles. The standard InChI is InChI=1S/C43H45N7O4/c1-46-40-28-37(49-26-24-47(25-27-49)29-32-20-22-48(23-21-32)35-12-14-36(15-13-35)50(51)52)16-17-38(40)42(45-46)39-18-19-41(53-30-33-8-4-2-5-9-33)44-43(39)54-31-34-10-6-3-7-11-34/h2-19,28,32H,20-27,29-31H2,1H3. The van der Waals surface area contributed by atoms with Crippen LogP contribution in [0.3, 0.4) is 0 Å². The van der Waals surface area contributed by atoms with Crippen molar-refractivity contribution in [3.05, 3.63) is 137 Å². The summed E-state index contributed by atoms with van der Waals surface area (Å²) >= 11 is 0. The van der Waals surface area contributed by atoms with Gasteiger partial charge in [0.05, 0.1) is 16.0 Å². The summed E-state index contributed by atoms with van der Waals surface area (Å²) in [5, 5.41) is 17.1. The summed E-state index contributed by atoms with van der Waals surface area (Å²) in [4.78, 5) is 23.0. The van der Waals surface area contributed by atoms with Crippen molar-refractivity contribution in [2.75, 3.05) is 55.6 Å². The third-order valence-corrected chi connectivity index (χ3v) is 10.7. The average molecular weight is 724 g/mol. The Balaban J connectivity index is 0.919. The van der Waals surface area contributed by atoms with Gasteiger partial charge in [-0.15, -0.1) is 0 Å². The molecule has 11 nitrogen and oxygen atoms in total. The molecule has 54 heavy (non-hydrogen) atoms. The molecule has 0 unspecified atom stereocenters. The highest BCUT2D eigenvalue weighted by Gasteiger charge is 2.25. The number of aryl methyl sites for hydroxylation is 1. The number of non-ortho nitro benzene ring substituents is 1. The van der Waals surface area contributed by atoms with Crippen LogP contribution < -0.4 is 19.3 Å². The van der Waals surface area contributed by atoms with Crippen molar-refractivity contribution in [3.63, 3.8) is 0 Å². The molecule has 11 heteroatoms. The normalized spacial score (nSPS) is 15.4. The van der Waals surface area contributed by atoms with Gasteiger partial charge in [0.1, 0.15) is 18.9 Å². The summed E-state index contributed by atoms with van der Waals surface area (Å²) in [6, 6.07) is 37.7. The summed E-state index contributed by atoms with van der Waals surface area (Å²) in [5.41, 5.74) is 7.25. The molecule has 2 saturated heterocycles. The van der Waals surface area contributed by atoms with Gasteiger partial charge in [-0.1, -0.05) is 60.7 Å². The lowest BCUT2D eigenvalue weighted by atomic mass is 9.95. The van der Waals surface area contributed by atoms with Crippen molar-refractivity contribution in [2.24, 2.45) is 13.0 Å². The van der Waals surface area contributed by atoms with Gasteiger partial charge in [-0.2, -0.15) is 10.1 Å². The molecule has 2 aromatic heterocycles. The Morgan fingerprint density at radius 1 is 0.722 bits per heavy atom. The zero-order valence-corrected chi connectivity index (χ0v) is 30.6. The number of hydrogen-bond donors (Lipinski definition) is 0. The molecule has 276 valence electrons. The lowest BCUT2D eigenvalue weighted by Crippen LogP contribution is -2.49. The Morgan fingerprint density at radius 2 is 1.35 bits per heavy atom. The zero-order chi connectivity index (χ0) is 36.9. The summed E-state index contributed by atoms with van der Waals surface area (Å²) in [6.07, 6.45) is 2.27. The van der Waals surface area contributed by atoms with Crippen molar-refractivity contribution in [1.29, 1.82) is 0 Å². The van der Waals surface area contributed by atoms with E-state index in [0.29, 0.717) is 30.9 Å². The fraction of sp³-hybridized carbons (Fsp3) is 0.302. The summed E-state index contributed by atoms with van der Waals surface area (Å²) in [5.74, 6) is 1.65. The molecule has 0 amide bonds. The van der Waals surface area contributed by atoms with Gasteiger partial charge in [-0.05, 0) is 66.3 Å². The molecule has 2 fully saturated rings. The zero-order valence-electron chi connectivity index (χ0n) is 30.6. The van der Waals surface area contributed by atoms with Gasteiger partial charge >= 0.3 is 0 Å². The first-order valence-electron chi connectivity index (χ1n) is 18.8. The Kier molecular flexibility index (Phi) is 10.4. The van der Waals surface area contributed by atoms with Crippen LogP contribution in [0.5, 0.6) is 11.8 Å². The van der Waals surface area contributed by atoms with Crippen LogP contribution in [-0.4, -0.2) is 70.4 Å². The molecule has 2 aliphatic rings. The second kappa shape index (κ2) is 16.0. The van der Waals surface area contributed by atoms with Crippen LogP contribution >= 0.6 is 0 Å². The maximum atomic E-state index is 11.0. The van der Waals surface area contributed by atoms with Gasteiger partial charge in [-0.25, -0.2) is 0 Å². The maximum absolute atomic E-state index is 11.0. The molecule has 2 aliphatic heterocycles. The lowest BCUT2D eigenvalue weighted by Gasteiger charge is -2.40. The van der Waals surface area contributed by atoms with E-state index in [1.165, 1.54) is 5.69 Å². The van der Waals surface area contributed by atoms with Crippen molar-refractivity contribution < 1.29 is 14.4 Å². The molecular formula is C43H45N7O4. The number of fused-ring (bicyclic) bond motifs is 1. The van der Waals surface area contributed by atoms with Crippen molar-refractivity contribution in [2.45, 2.75) is 26.1 Å². The molecule has 4 aromatic carbocycles. The second-order valence-corrected chi connectivity index (χ2v) is 14.2.